The number of aromatic nitrogens is 2. The molecule has 1 atom stereocenters. The highest BCUT2D eigenvalue weighted by atomic mass is 19.1. The van der Waals surface area contributed by atoms with Gasteiger partial charge in [0.15, 0.2) is 5.96 Å². The number of aliphatic imine (C=N–C) groups is 1. The molecule has 0 aliphatic carbocycles. The Bertz CT molecular complexity index is 753. The summed E-state index contributed by atoms with van der Waals surface area (Å²) in [7, 11) is 1.88. The van der Waals surface area contributed by atoms with E-state index in [2.05, 4.69) is 20.7 Å². The molecule has 0 radical (unpaired) electrons. The molecule has 1 fully saturated rings. The van der Waals surface area contributed by atoms with Gasteiger partial charge in [0.1, 0.15) is 17.3 Å². The van der Waals surface area contributed by atoms with Crippen LogP contribution in [0.4, 0.5) is 14.5 Å². The second-order valence-corrected chi connectivity index (χ2v) is 6.29. The number of rotatable bonds is 5. The number of hydrogen-bond donors (Lipinski definition) is 2. The molecule has 0 spiro atoms. The maximum Gasteiger partial charge on any atom is 0.191 e. The molecule has 0 saturated carbocycles. The summed E-state index contributed by atoms with van der Waals surface area (Å²) in [5.74, 6) is -0.362. The van der Waals surface area contributed by atoms with Gasteiger partial charge in [-0.15, -0.1) is 0 Å². The Morgan fingerprint density at radius 1 is 1.31 bits per heavy atom. The number of anilines is 1. The summed E-state index contributed by atoms with van der Waals surface area (Å²) in [4.78, 5) is 6.32. The van der Waals surface area contributed by atoms with Crippen molar-refractivity contribution >= 4 is 11.6 Å². The Balaban J connectivity index is 1.64. The maximum atomic E-state index is 14.0. The second kappa shape index (κ2) is 8.16. The summed E-state index contributed by atoms with van der Waals surface area (Å²) in [5, 5.41) is 10.7. The number of benzene rings is 1. The van der Waals surface area contributed by atoms with E-state index in [4.69, 9.17) is 0 Å². The normalized spacial score (nSPS) is 17.6. The fraction of sp³-hybridized carbons (Fsp3) is 0.444. The Labute approximate surface area is 151 Å². The molecule has 0 amide bonds. The summed E-state index contributed by atoms with van der Waals surface area (Å²) < 4.78 is 29.7. The molecule has 2 aromatic rings. The van der Waals surface area contributed by atoms with Gasteiger partial charge in [-0.3, -0.25) is 4.68 Å². The quantitative estimate of drug-likeness (QED) is 0.631. The van der Waals surface area contributed by atoms with Crippen molar-refractivity contribution < 1.29 is 8.78 Å². The minimum atomic E-state index is -0.526. The molecule has 1 saturated heterocycles. The van der Waals surface area contributed by atoms with Crippen molar-refractivity contribution in [1.82, 2.24) is 20.4 Å². The minimum Gasteiger partial charge on any atom is -0.365 e. The van der Waals surface area contributed by atoms with Crippen LogP contribution in [0.1, 0.15) is 19.0 Å². The van der Waals surface area contributed by atoms with E-state index in [-0.39, 0.29) is 11.7 Å². The Kier molecular flexibility index (Phi) is 5.70. The lowest BCUT2D eigenvalue weighted by Gasteiger charge is -2.21. The number of guanidine groups is 1. The first-order valence-corrected chi connectivity index (χ1v) is 8.79. The van der Waals surface area contributed by atoms with E-state index in [1.807, 2.05) is 20.0 Å². The maximum absolute atomic E-state index is 14.0. The fourth-order valence-corrected chi connectivity index (χ4v) is 3.10. The molecule has 3 rings (SSSR count). The van der Waals surface area contributed by atoms with Gasteiger partial charge in [-0.1, -0.05) is 6.07 Å². The Morgan fingerprint density at radius 3 is 2.73 bits per heavy atom. The average Bonchev–Trinajstić information content (AvgIpc) is 3.22. The van der Waals surface area contributed by atoms with E-state index in [0.717, 1.165) is 18.7 Å². The first-order chi connectivity index (χ1) is 12.6. The third-order valence-electron chi connectivity index (χ3n) is 4.45. The smallest absolute Gasteiger partial charge is 0.191 e. The van der Waals surface area contributed by atoms with Gasteiger partial charge in [-0.05, 0) is 31.5 Å². The largest absolute Gasteiger partial charge is 0.365 e. The Morgan fingerprint density at radius 2 is 2.08 bits per heavy atom. The summed E-state index contributed by atoms with van der Waals surface area (Å²) in [5.41, 5.74) is 1.05. The lowest BCUT2D eigenvalue weighted by Crippen LogP contribution is -2.44. The fourth-order valence-electron chi connectivity index (χ4n) is 3.10. The molecule has 26 heavy (non-hydrogen) atoms. The third-order valence-corrected chi connectivity index (χ3v) is 4.45. The van der Waals surface area contributed by atoms with Gasteiger partial charge in [0.05, 0.1) is 12.2 Å². The molecular formula is C18H24F2N6. The number of para-hydroxylation sites is 1. The van der Waals surface area contributed by atoms with Gasteiger partial charge < -0.3 is 15.5 Å². The molecule has 2 heterocycles. The lowest BCUT2D eigenvalue weighted by molar-refractivity contribution is 0.576. The summed E-state index contributed by atoms with van der Waals surface area (Å²) in [6, 6.07) is 5.95. The van der Waals surface area contributed by atoms with Gasteiger partial charge in [-0.25, -0.2) is 13.8 Å². The minimum absolute atomic E-state index is 0.0497. The molecule has 1 aliphatic rings. The van der Waals surface area contributed by atoms with Crippen LogP contribution in [0.25, 0.3) is 0 Å². The van der Waals surface area contributed by atoms with Gasteiger partial charge >= 0.3 is 0 Å². The van der Waals surface area contributed by atoms with E-state index in [9.17, 15) is 8.78 Å². The van der Waals surface area contributed by atoms with Crippen LogP contribution in [0.2, 0.25) is 0 Å². The van der Waals surface area contributed by atoms with E-state index < -0.39 is 11.6 Å². The van der Waals surface area contributed by atoms with Gasteiger partial charge in [0, 0.05) is 38.9 Å². The van der Waals surface area contributed by atoms with E-state index in [1.54, 1.807) is 15.8 Å². The van der Waals surface area contributed by atoms with Crippen molar-refractivity contribution in [2.75, 3.05) is 24.5 Å². The van der Waals surface area contributed by atoms with Crippen LogP contribution in [0.3, 0.4) is 0 Å². The lowest BCUT2D eigenvalue weighted by atomic mass is 10.2. The van der Waals surface area contributed by atoms with Crippen LogP contribution in [-0.2, 0) is 13.6 Å². The molecule has 2 N–H and O–H groups in total. The second-order valence-electron chi connectivity index (χ2n) is 6.29. The van der Waals surface area contributed by atoms with Crippen LogP contribution < -0.4 is 15.5 Å². The molecule has 8 heteroatoms. The zero-order valence-corrected chi connectivity index (χ0v) is 15.0. The zero-order valence-electron chi connectivity index (χ0n) is 15.0. The topological polar surface area (TPSA) is 57.5 Å². The van der Waals surface area contributed by atoms with Crippen LogP contribution in [0.5, 0.6) is 0 Å². The van der Waals surface area contributed by atoms with Crippen molar-refractivity contribution in [3.63, 3.8) is 0 Å². The summed E-state index contributed by atoms with van der Waals surface area (Å²) >= 11 is 0. The standard InChI is InChI=1S/C18H24F2N6/c1-3-21-18(22-11-14-7-9-23-25(14)2)24-13-8-10-26(12-13)17-15(19)5-4-6-16(17)20/h4-7,9,13H,3,8,10-12H2,1-2H3,(H2,21,22,24). The Hall–Kier alpha value is -2.64. The van der Waals surface area contributed by atoms with Crippen LogP contribution in [0.15, 0.2) is 35.5 Å². The van der Waals surface area contributed by atoms with Gasteiger partial charge in [-0.2, -0.15) is 5.10 Å². The highest BCUT2D eigenvalue weighted by Gasteiger charge is 2.27. The summed E-state index contributed by atoms with van der Waals surface area (Å²) in [6.45, 7) is 4.35. The average molecular weight is 362 g/mol. The molecular weight excluding hydrogens is 338 g/mol. The number of nitrogens with zero attached hydrogens (tertiary/aromatic N) is 4. The molecule has 140 valence electrons. The number of nitrogens with one attached hydrogen (secondary N) is 2. The van der Waals surface area contributed by atoms with Crippen molar-refractivity contribution in [3.8, 4) is 0 Å². The van der Waals surface area contributed by atoms with Crippen molar-refractivity contribution in [2.45, 2.75) is 25.9 Å². The van der Waals surface area contributed by atoms with Crippen molar-refractivity contribution in [2.24, 2.45) is 12.0 Å². The number of aryl methyl sites for hydroxylation is 1. The molecule has 1 aromatic heterocycles. The van der Waals surface area contributed by atoms with E-state index in [0.29, 0.717) is 25.6 Å². The highest BCUT2D eigenvalue weighted by molar-refractivity contribution is 5.80. The van der Waals surface area contributed by atoms with E-state index in [1.165, 1.54) is 18.2 Å². The summed E-state index contributed by atoms with van der Waals surface area (Å²) in [6.07, 6.45) is 2.52. The molecule has 1 aliphatic heterocycles. The molecule has 6 nitrogen and oxygen atoms in total. The first kappa shape index (κ1) is 18.2. The number of hydrogen-bond acceptors (Lipinski definition) is 3. The van der Waals surface area contributed by atoms with Crippen molar-refractivity contribution in [3.05, 3.63) is 47.8 Å². The van der Waals surface area contributed by atoms with Crippen LogP contribution in [0, 0.1) is 11.6 Å². The van der Waals surface area contributed by atoms with E-state index >= 15 is 0 Å². The molecule has 1 unspecified atom stereocenters. The first-order valence-electron chi connectivity index (χ1n) is 8.79. The predicted octanol–water partition coefficient (Wildman–Crippen LogP) is 2.03. The van der Waals surface area contributed by atoms with Crippen LogP contribution >= 0.6 is 0 Å². The predicted molar refractivity (Wildman–Crippen MR) is 98.1 cm³/mol. The van der Waals surface area contributed by atoms with Crippen LogP contribution in [-0.4, -0.2) is 41.4 Å². The highest BCUT2D eigenvalue weighted by Crippen LogP contribution is 2.26. The van der Waals surface area contributed by atoms with Gasteiger partial charge in [0.2, 0.25) is 0 Å². The monoisotopic (exact) mass is 362 g/mol. The number of halogens is 2. The SMILES string of the molecule is CCNC(=NCc1ccnn1C)NC1CCN(c2c(F)cccc2F)C1. The third kappa shape index (κ3) is 4.12. The zero-order chi connectivity index (χ0) is 18.5. The van der Waals surface area contributed by atoms with Gasteiger partial charge in [0.25, 0.3) is 0 Å². The molecule has 1 aromatic carbocycles. The molecule has 0 bridgehead atoms. The van der Waals surface area contributed by atoms with Crippen molar-refractivity contribution in [1.29, 1.82) is 0 Å².